The van der Waals surface area contributed by atoms with E-state index in [0.717, 1.165) is 5.92 Å². The summed E-state index contributed by atoms with van der Waals surface area (Å²) in [6.45, 7) is 2.31. The van der Waals surface area contributed by atoms with Crippen molar-refractivity contribution in [2.75, 3.05) is 7.05 Å². The molecule has 0 saturated heterocycles. The Labute approximate surface area is 71.4 Å². The van der Waals surface area contributed by atoms with Crippen LogP contribution in [0.3, 0.4) is 0 Å². The molecule has 0 aromatic carbocycles. The molecule has 60 valence electrons. The van der Waals surface area contributed by atoms with E-state index < -0.39 is 0 Å². The lowest BCUT2D eigenvalue weighted by Crippen LogP contribution is -2.19. The molecule has 1 aromatic heterocycles. The van der Waals surface area contributed by atoms with Crippen molar-refractivity contribution in [1.29, 1.82) is 0 Å². The summed E-state index contributed by atoms with van der Waals surface area (Å²) in [5, 5.41) is 5.56. The van der Waals surface area contributed by atoms with Crippen LogP contribution in [0.2, 0.25) is 0 Å². The van der Waals surface area contributed by atoms with Gasteiger partial charge in [-0.15, -0.1) is 11.3 Å². The van der Waals surface area contributed by atoms with Crippen molar-refractivity contribution in [3.8, 4) is 0 Å². The molecule has 1 heterocycles. The first kappa shape index (κ1) is 7.32. The number of hydrogen-bond donors (Lipinski definition) is 1. The van der Waals surface area contributed by atoms with E-state index >= 15 is 0 Å². The fourth-order valence-electron chi connectivity index (χ4n) is 1.95. The maximum Gasteiger partial charge on any atom is 0.0358 e. The SMILES string of the molecule is CNC1c2ccsc2CC1C. The van der Waals surface area contributed by atoms with Crippen molar-refractivity contribution >= 4 is 11.3 Å². The van der Waals surface area contributed by atoms with Gasteiger partial charge in [0.2, 0.25) is 0 Å². The molecule has 2 unspecified atom stereocenters. The van der Waals surface area contributed by atoms with E-state index in [9.17, 15) is 0 Å². The minimum atomic E-state index is 0.608. The van der Waals surface area contributed by atoms with Crippen LogP contribution in [0.15, 0.2) is 11.4 Å². The molecule has 0 bridgehead atoms. The van der Waals surface area contributed by atoms with Crippen LogP contribution in [0, 0.1) is 5.92 Å². The summed E-state index contributed by atoms with van der Waals surface area (Å²) >= 11 is 1.89. The fourth-order valence-corrected chi connectivity index (χ4v) is 3.02. The Morgan fingerprint density at radius 1 is 1.64 bits per heavy atom. The van der Waals surface area contributed by atoms with Gasteiger partial charge in [-0.05, 0) is 36.4 Å². The Morgan fingerprint density at radius 3 is 3.18 bits per heavy atom. The average molecular weight is 167 g/mol. The number of rotatable bonds is 1. The summed E-state index contributed by atoms with van der Waals surface area (Å²) in [6.07, 6.45) is 1.26. The summed E-state index contributed by atoms with van der Waals surface area (Å²) in [7, 11) is 2.05. The first-order valence-corrected chi connectivity index (χ1v) is 4.94. The summed E-state index contributed by atoms with van der Waals surface area (Å²) in [6, 6.07) is 2.86. The van der Waals surface area contributed by atoms with Crippen molar-refractivity contribution in [3.05, 3.63) is 21.9 Å². The van der Waals surface area contributed by atoms with Crippen molar-refractivity contribution in [2.24, 2.45) is 5.92 Å². The zero-order valence-electron chi connectivity index (χ0n) is 6.92. The Kier molecular flexibility index (Phi) is 1.74. The molecule has 2 atom stereocenters. The zero-order chi connectivity index (χ0) is 7.84. The Hall–Kier alpha value is -0.340. The molecule has 0 aliphatic heterocycles. The van der Waals surface area contributed by atoms with Gasteiger partial charge in [0.1, 0.15) is 0 Å². The van der Waals surface area contributed by atoms with Gasteiger partial charge in [0.25, 0.3) is 0 Å². The van der Waals surface area contributed by atoms with E-state index in [2.05, 4.69) is 23.7 Å². The second-order valence-corrected chi connectivity index (χ2v) is 4.25. The van der Waals surface area contributed by atoms with E-state index in [-0.39, 0.29) is 0 Å². The molecule has 0 saturated carbocycles. The highest BCUT2D eigenvalue weighted by atomic mass is 32.1. The minimum absolute atomic E-state index is 0.608. The van der Waals surface area contributed by atoms with Crippen LogP contribution in [-0.2, 0) is 6.42 Å². The predicted octanol–water partition coefficient (Wildman–Crippen LogP) is 2.20. The minimum Gasteiger partial charge on any atom is -0.313 e. The summed E-state index contributed by atoms with van der Waals surface area (Å²) < 4.78 is 0. The van der Waals surface area contributed by atoms with Crippen molar-refractivity contribution < 1.29 is 0 Å². The molecule has 2 heteroatoms. The lowest BCUT2D eigenvalue weighted by atomic mass is 10.0. The smallest absolute Gasteiger partial charge is 0.0358 e. The molecule has 0 amide bonds. The van der Waals surface area contributed by atoms with Gasteiger partial charge in [-0.1, -0.05) is 6.92 Å². The van der Waals surface area contributed by atoms with Crippen LogP contribution < -0.4 is 5.32 Å². The molecule has 1 aliphatic rings. The van der Waals surface area contributed by atoms with E-state index in [1.807, 2.05) is 18.4 Å². The van der Waals surface area contributed by atoms with Crippen LogP contribution in [-0.4, -0.2) is 7.05 Å². The predicted molar refractivity (Wildman–Crippen MR) is 49.0 cm³/mol. The first-order valence-electron chi connectivity index (χ1n) is 4.06. The van der Waals surface area contributed by atoms with E-state index in [4.69, 9.17) is 0 Å². The van der Waals surface area contributed by atoms with Crippen LogP contribution in [0.1, 0.15) is 23.4 Å². The molecule has 2 rings (SSSR count). The topological polar surface area (TPSA) is 12.0 Å². The van der Waals surface area contributed by atoms with Gasteiger partial charge in [0, 0.05) is 10.9 Å². The van der Waals surface area contributed by atoms with Gasteiger partial charge in [-0.2, -0.15) is 0 Å². The molecule has 0 radical (unpaired) electrons. The quantitative estimate of drug-likeness (QED) is 0.676. The lowest BCUT2D eigenvalue weighted by molar-refractivity contribution is 0.447. The molecular formula is C9H13NS. The molecule has 1 nitrogen and oxygen atoms in total. The summed E-state index contributed by atoms with van der Waals surface area (Å²) in [4.78, 5) is 1.58. The Bertz CT molecular complexity index is 254. The Morgan fingerprint density at radius 2 is 2.45 bits per heavy atom. The van der Waals surface area contributed by atoms with Crippen molar-refractivity contribution in [1.82, 2.24) is 5.32 Å². The van der Waals surface area contributed by atoms with Gasteiger partial charge in [-0.25, -0.2) is 0 Å². The fraction of sp³-hybridized carbons (Fsp3) is 0.556. The van der Waals surface area contributed by atoms with Crippen LogP contribution in [0.5, 0.6) is 0 Å². The first-order chi connectivity index (χ1) is 5.33. The van der Waals surface area contributed by atoms with Crippen LogP contribution in [0.25, 0.3) is 0 Å². The second-order valence-electron chi connectivity index (χ2n) is 3.25. The molecular weight excluding hydrogens is 154 g/mol. The number of thiophene rings is 1. The highest BCUT2D eigenvalue weighted by Gasteiger charge is 2.28. The maximum absolute atomic E-state index is 3.36. The van der Waals surface area contributed by atoms with Crippen molar-refractivity contribution in [2.45, 2.75) is 19.4 Å². The van der Waals surface area contributed by atoms with Gasteiger partial charge >= 0.3 is 0 Å². The molecule has 0 spiro atoms. The third-order valence-corrected chi connectivity index (χ3v) is 3.46. The van der Waals surface area contributed by atoms with Crippen molar-refractivity contribution in [3.63, 3.8) is 0 Å². The van der Waals surface area contributed by atoms with Gasteiger partial charge in [0.05, 0.1) is 0 Å². The summed E-state index contributed by atoms with van der Waals surface area (Å²) in [5.74, 6) is 0.780. The lowest BCUT2D eigenvalue weighted by Gasteiger charge is -2.14. The standard InChI is InChI=1S/C9H13NS/c1-6-5-8-7(3-4-11-8)9(6)10-2/h3-4,6,9-10H,5H2,1-2H3. The third kappa shape index (κ3) is 1.01. The third-order valence-electron chi connectivity index (χ3n) is 2.50. The van der Waals surface area contributed by atoms with Gasteiger partial charge in [0.15, 0.2) is 0 Å². The number of fused-ring (bicyclic) bond motifs is 1. The maximum atomic E-state index is 3.36. The molecule has 1 N–H and O–H groups in total. The van der Waals surface area contributed by atoms with E-state index in [0.29, 0.717) is 6.04 Å². The number of hydrogen-bond acceptors (Lipinski definition) is 2. The van der Waals surface area contributed by atoms with E-state index in [1.54, 1.807) is 4.88 Å². The molecule has 11 heavy (non-hydrogen) atoms. The largest absolute Gasteiger partial charge is 0.313 e. The molecule has 0 fully saturated rings. The zero-order valence-corrected chi connectivity index (χ0v) is 7.74. The van der Waals surface area contributed by atoms with Gasteiger partial charge < -0.3 is 5.32 Å². The highest BCUT2D eigenvalue weighted by Crippen LogP contribution is 2.38. The van der Waals surface area contributed by atoms with Crippen LogP contribution in [0.4, 0.5) is 0 Å². The number of nitrogens with one attached hydrogen (secondary N) is 1. The Balaban J connectivity index is 2.35. The molecule has 1 aliphatic carbocycles. The average Bonchev–Trinajstić information content (AvgIpc) is 2.46. The normalized spacial score (nSPS) is 28.9. The molecule has 1 aromatic rings. The van der Waals surface area contributed by atoms with Gasteiger partial charge in [-0.3, -0.25) is 0 Å². The summed E-state index contributed by atoms with van der Waals surface area (Å²) in [5.41, 5.74) is 1.53. The monoisotopic (exact) mass is 167 g/mol. The highest BCUT2D eigenvalue weighted by molar-refractivity contribution is 7.10. The van der Waals surface area contributed by atoms with Crippen LogP contribution >= 0.6 is 11.3 Å². The second kappa shape index (κ2) is 2.61. The van der Waals surface area contributed by atoms with E-state index in [1.165, 1.54) is 12.0 Å².